The highest BCUT2D eigenvalue weighted by atomic mass is 32.1. The fraction of sp³-hybridized carbons (Fsp3) is 0.333. The SMILES string of the molecule is Cc1cc(C)c(C(=O)Cc2nc(C)cs2)c(C)c1. The number of Topliss-reactive ketones (excluding diaryl/α,β-unsaturated/α-hetero) is 1. The van der Waals surface area contributed by atoms with Crippen LogP contribution in [0.25, 0.3) is 0 Å². The maximum Gasteiger partial charge on any atom is 0.170 e. The zero-order valence-electron chi connectivity index (χ0n) is 11.2. The lowest BCUT2D eigenvalue weighted by Gasteiger charge is -2.09. The Hall–Kier alpha value is -1.48. The average Bonchev–Trinajstić information content (AvgIpc) is 2.62. The summed E-state index contributed by atoms with van der Waals surface area (Å²) >= 11 is 1.56. The van der Waals surface area contributed by atoms with Crippen molar-refractivity contribution in [2.24, 2.45) is 0 Å². The van der Waals surface area contributed by atoms with E-state index in [1.165, 1.54) is 5.56 Å². The summed E-state index contributed by atoms with van der Waals surface area (Å²) in [5, 5.41) is 2.88. The van der Waals surface area contributed by atoms with E-state index in [2.05, 4.69) is 24.0 Å². The molecule has 1 aromatic heterocycles. The fourth-order valence-electron chi connectivity index (χ4n) is 2.33. The Morgan fingerprint density at radius 1 is 1.17 bits per heavy atom. The van der Waals surface area contributed by atoms with Gasteiger partial charge in [0.1, 0.15) is 5.01 Å². The molecule has 0 aliphatic carbocycles. The van der Waals surface area contributed by atoms with E-state index < -0.39 is 0 Å². The summed E-state index contributed by atoms with van der Waals surface area (Å²) in [6.45, 7) is 8.01. The molecule has 0 amide bonds. The first-order valence-corrected chi connectivity index (χ1v) is 6.87. The van der Waals surface area contributed by atoms with Crippen molar-refractivity contribution in [1.29, 1.82) is 0 Å². The number of benzene rings is 1. The lowest BCUT2D eigenvalue weighted by atomic mass is 9.95. The minimum atomic E-state index is 0.166. The van der Waals surface area contributed by atoms with Gasteiger partial charge in [0.15, 0.2) is 5.78 Å². The Morgan fingerprint density at radius 2 is 1.78 bits per heavy atom. The molecule has 0 saturated carbocycles. The highest BCUT2D eigenvalue weighted by molar-refractivity contribution is 7.09. The minimum Gasteiger partial charge on any atom is -0.294 e. The lowest BCUT2D eigenvalue weighted by Crippen LogP contribution is -2.08. The second-order valence-corrected chi connectivity index (χ2v) is 5.70. The van der Waals surface area contributed by atoms with E-state index in [9.17, 15) is 4.79 Å². The quantitative estimate of drug-likeness (QED) is 0.785. The van der Waals surface area contributed by atoms with Gasteiger partial charge in [0, 0.05) is 16.6 Å². The Labute approximate surface area is 112 Å². The predicted molar refractivity (Wildman–Crippen MR) is 75.5 cm³/mol. The second-order valence-electron chi connectivity index (χ2n) is 4.76. The minimum absolute atomic E-state index is 0.166. The van der Waals surface area contributed by atoms with E-state index in [4.69, 9.17) is 0 Å². The Balaban J connectivity index is 2.29. The number of aromatic nitrogens is 1. The van der Waals surface area contributed by atoms with Gasteiger partial charge in [-0.3, -0.25) is 4.79 Å². The maximum absolute atomic E-state index is 12.3. The molecule has 0 N–H and O–H groups in total. The summed E-state index contributed by atoms with van der Waals surface area (Å²) in [6.07, 6.45) is 0.406. The number of carbonyl (C=O) groups excluding carboxylic acids is 1. The fourth-order valence-corrected chi connectivity index (χ4v) is 3.10. The highest BCUT2D eigenvalue weighted by Crippen LogP contribution is 2.19. The Morgan fingerprint density at radius 3 is 2.28 bits per heavy atom. The molecule has 0 aliphatic rings. The largest absolute Gasteiger partial charge is 0.294 e. The summed E-state index contributed by atoms with van der Waals surface area (Å²) < 4.78 is 0. The van der Waals surface area contributed by atoms with Crippen LogP contribution in [0.15, 0.2) is 17.5 Å². The van der Waals surface area contributed by atoms with Gasteiger partial charge >= 0.3 is 0 Å². The molecule has 0 saturated heterocycles. The summed E-state index contributed by atoms with van der Waals surface area (Å²) in [5.74, 6) is 0.166. The van der Waals surface area contributed by atoms with Crippen LogP contribution in [0.3, 0.4) is 0 Å². The van der Waals surface area contributed by atoms with Crippen LogP contribution in [0.5, 0.6) is 0 Å². The molecule has 0 radical (unpaired) electrons. The summed E-state index contributed by atoms with van der Waals surface area (Å²) in [4.78, 5) is 16.7. The van der Waals surface area contributed by atoms with Crippen LogP contribution in [0.1, 0.15) is 37.7 Å². The van der Waals surface area contributed by atoms with E-state index in [0.717, 1.165) is 27.4 Å². The third kappa shape index (κ3) is 2.67. The number of aryl methyl sites for hydroxylation is 4. The predicted octanol–water partition coefficient (Wildman–Crippen LogP) is 3.80. The number of nitrogens with zero attached hydrogens (tertiary/aromatic N) is 1. The molecule has 2 aromatic rings. The molecule has 1 aromatic carbocycles. The number of carbonyl (C=O) groups is 1. The first-order chi connectivity index (χ1) is 8.47. The molecule has 0 unspecified atom stereocenters. The van der Waals surface area contributed by atoms with Gasteiger partial charge in [-0.15, -0.1) is 11.3 Å². The third-order valence-electron chi connectivity index (χ3n) is 2.93. The number of ketones is 1. The van der Waals surface area contributed by atoms with Gasteiger partial charge in [0.2, 0.25) is 0 Å². The van der Waals surface area contributed by atoms with Crippen LogP contribution >= 0.6 is 11.3 Å². The van der Waals surface area contributed by atoms with Crippen molar-refractivity contribution < 1.29 is 4.79 Å². The topological polar surface area (TPSA) is 30.0 Å². The van der Waals surface area contributed by atoms with Crippen LogP contribution in [-0.2, 0) is 6.42 Å². The highest BCUT2D eigenvalue weighted by Gasteiger charge is 2.14. The first kappa shape index (κ1) is 13.0. The second kappa shape index (κ2) is 5.02. The monoisotopic (exact) mass is 259 g/mol. The molecule has 1 heterocycles. The van der Waals surface area contributed by atoms with E-state index in [0.29, 0.717) is 6.42 Å². The van der Waals surface area contributed by atoms with Gasteiger partial charge in [-0.25, -0.2) is 4.98 Å². The van der Waals surface area contributed by atoms with Gasteiger partial charge in [-0.05, 0) is 38.8 Å². The van der Waals surface area contributed by atoms with Crippen molar-refractivity contribution in [3.05, 3.63) is 50.5 Å². The lowest BCUT2D eigenvalue weighted by molar-refractivity contribution is 0.0992. The number of hydrogen-bond donors (Lipinski definition) is 0. The average molecular weight is 259 g/mol. The molecule has 3 heteroatoms. The van der Waals surface area contributed by atoms with Crippen LogP contribution < -0.4 is 0 Å². The van der Waals surface area contributed by atoms with E-state index in [1.807, 2.05) is 26.2 Å². The molecule has 0 bridgehead atoms. The van der Waals surface area contributed by atoms with Crippen LogP contribution in [0, 0.1) is 27.7 Å². The normalized spacial score (nSPS) is 10.7. The van der Waals surface area contributed by atoms with Crippen molar-refractivity contribution in [2.45, 2.75) is 34.1 Å². The maximum atomic E-state index is 12.3. The number of thiazole rings is 1. The molecular weight excluding hydrogens is 242 g/mol. The number of hydrogen-bond acceptors (Lipinski definition) is 3. The van der Waals surface area contributed by atoms with E-state index in [1.54, 1.807) is 11.3 Å². The standard InChI is InChI=1S/C15H17NOS/c1-9-5-10(2)15(11(3)6-9)13(17)7-14-16-12(4)8-18-14/h5-6,8H,7H2,1-4H3. The summed E-state index contributed by atoms with van der Waals surface area (Å²) in [5.41, 5.74) is 5.16. The number of rotatable bonds is 3. The van der Waals surface area contributed by atoms with Crippen molar-refractivity contribution in [3.63, 3.8) is 0 Å². The van der Waals surface area contributed by atoms with E-state index >= 15 is 0 Å². The molecule has 0 spiro atoms. The molecule has 0 fully saturated rings. The zero-order valence-corrected chi connectivity index (χ0v) is 12.0. The molecule has 0 atom stereocenters. The van der Waals surface area contributed by atoms with Crippen molar-refractivity contribution >= 4 is 17.1 Å². The van der Waals surface area contributed by atoms with E-state index in [-0.39, 0.29) is 5.78 Å². The Kier molecular flexibility index (Phi) is 3.62. The van der Waals surface area contributed by atoms with Crippen LogP contribution in [0.4, 0.5) is 0 Å². The summed E-state index contributed by atoms with van der Waals surface area (Å²) in [7, 11) is 0. The van der Waals surface area contributed by atoms with Crippen LogP contribution in [0.2, 0.25) is 0 Å². The molecule has 2 rings (SSSR count). The van der Waals surface area contributed by atoms with Gasteiger partial charge in [0.05, 0.1) is 6.42 Å². The molecule has 2 nitrogen and oxygen atoms in total. The zero-order chi connectivity index (χ0) is 13.3. The third-order valence-corrected chi connectivity index (χ3v) is 3.90. The smallest absolute Gasteiger partial charge is 0.170 e. The van der Waals surface area contributed by atoms with Crippen molar-refractivity contribution in [3.8, 4) is 0 Å². The molecular formula is C15H17NOS. The van der Waals surface area contributed by atoms with Gasteiger partial charge in [-0.2, -0.15) is 0 Å². The van der Waals surface area contributed by atoms with Crippen LogP contribution in [-0.4, -0.2) is 10.8 Å². The van der Waals surface area contributed by atoms with Gasteiger partial charge in [-0.1, -0.05) is 17.7 Å². The molecule has 18 heavy (non-hydrogen) atoms. The first-order valence-electron chi connectivity index (χ1n) is 5.99. The van der Waals surface area contributed by atoms with Crippen molar-refractivity contribution in [2.75, 3.05) is 0 Å². The van der Waals surface area contributed by atoms with Gasteiger partial charge < -0.3 is 0 Å². The molecule has 0 aliphatic heterocycles. The van der Waals surface area contributed by atoms with Gasteiger partial charge in [0.25, 0.3) is 0 Å². The Bertz CT molecular complexity index is 575. The summed E-state index contributed by atoms with van der Waals surface area (Å²) in [6, 6.07) is 4.13. The molecule has 94 valence electrons. The van der Waals surface area contributed by atoms with Crippen molar-refractivity contribution in [1.82, 2.24) is 4.98 Å².